The molecule has 26 heavy (non-hydrogen) atoms. The number of rotatable bonds is 3. The molecule has 7 heteroatoms. The Bertz CT molecular complexity index is 910. The SMILES string of the molecule is O=C(NC1CCCOc2ccc(F)cc21)c1ccc(-n2cccn2)nc1. The van der Waals surface area contributed by atoms with E-state index in [4.69, 9.17) is 4.74 Å². The average Bonchev–Trinajstić information content (AvgIpc) is 3.13. The van der Waals surface area contributed by atoms with Crippen molar-refractivity contribution in [3.05, 3.63) is 71.9 Å². The van der Waals surface area contributed by atoms with E-state index in [0.29, 0.717) is 35.7 Å². The van der Waals surface area contributed by atoms with Gasteiger partial charge in [-0.05, 0) is 49.2 Å². The number of amides is 1. The van der Waals surface area contributed by atoms with Crippen LogP contribution in [0.1, 0.15) is 34.8 Å². The maximum absolute atomic E-state index is 13.7. The Kier molecular flexibility index (Phi) is 4.35. The highest BCUT2D eigenvalue weighted by Gasteiger charge is 2.22. The summed E-state index contributed by atoms with van der Waals surface area (Å²) in [5.41, 5.74) is 1.10. The molecule has 3 heterocycles. The van der Waals surface area contributed by atoms with E-state index >= 15 is 0 Å². The molecule has 0 spiro atoms. The van der Waals surface area contributed by atoms with Crippen molar-refractivity contribution in [1.29, 1.82) is 0 Å². The van der Waals surface area contributed by atoms with Crippen molar-refractivity contribution in [2.75, 3.05) is 6.61 Å². The van der Waals surface area contributed by atoms with E-state index in [9.17, 15) is 9.18 Å². The summed E-state index contributed by atoms with van der Waals surface area (Å²) < 4.78 is 20.9. The predicted molar refractivity (Wildman–Crippen MR) is 92.7 cm³/mol. The van der Waals surface area contributed by atoms with Crippen LogP contribution in [0.2, 0.25) is 0 Å². The monoisotopic (exact) mass is 352 g/mol. The Morgan fingerprint density at radius 3 is 3.00 bits per heavy atom. The van der Waals surface area contributed by atoms with E-state index in [1.807, 2.05) is 0 Å². The van der Waals surface area contributed by atoms with E-state index in [-0.39, 0.29) is 17.8 Å². The van der Waals surface area contributed by atoms with Crippen LogP contribution in [0, 0.1) is 5.82 Å². The molecular formula is C19H17FN4O2. The maximum atomic E-state index is 13.7. The van der Waals surface area contributed by atoms with Crippen molar-refractivity contribution in [3.63, 3.8) is 0 Å². The average molecular weight is 352 g/mol. The van der Waals surface area contributed by atoms with Gasteiger partial charge in [-0.15, -0.1) is 0 Å². The molecule has 6 nitrogen and oxygen atoms in total. The first-order valence-electron chi connectivity index (χ1n) is 8.40. The molecule has 132 valence electrons. The second-order valence-electron chi connectivity index (χ2n) is 6.05. The normalized spacial score (nSPS) is 16.3. The fourth-order valence-corrected chi connectivity index (χ4v) is 3.00. The van der Waals surface area contributed by atoms with Gasteiger partial charge in [0.15, 0.2) is 5.82 Å². The molecule has 0 saturated heterocycles. The van der Waals surface area contributed by atoms with Crippen molar-refractivity contribution in [3.8, 4) is 11.6 Å². The molecule has 0 radical (unpaired) electrons. The smallest absolute Gasteiger partial charge is 0.253 e. The number of benzene rings is 1. The second-order valence-corrected chi connectivity index (χ2v) is 6.05. The number of nitrogens with zero attached hydrogens (tertiary/aromatic N) is 3. The summed E-state index contributed by atoms with van der Waals surface area (Å²) in [7, 11) is 0. The molecule has 0 fully saturated rings. The zero-order chi connectivity index (χ0) is 17.9. The van der Waals surface area contributed by atoms with Crippen molar-refractivity contribution < 1.29 is 13.9 Å². The van der Waals surface area contributed by atoms with Crippen LogP contribution in [0.15, 0.2) is 55.0 Å². The maximum Gasteiger partial charge on any atom is 0.253 e. The Morgan fingerprint density at radius 2 is 2.23 bits per heavy atom. The van der Waals surface area contributed by atoms with Crippen LogP contribution in [0.25, 0.3) is 5.82 Å². The van der Waals surface area contributed by atoms with E-state index < -0.39 is 0 Å². The van der Waals surface area contributed by atoms with E-state index in [0.717, 1.165) is 6.42 Å². The molecule has 1 aromatic carbocycles. The van der Waals surface area contributed by atoms with Crippen LogP contribution < -0.4 is 10.1 Å². The standard InChI is InChI=1S/C19H17FN4O2/c20-14-5-6-17-15(11-14)16(3-1-10-26-17)23-19(25)13-4-7-18(21-12-13)24-9-2-8-22-24/h2,4-9,11-12,16H,1,3,10H2,(H,23,25). The van der Waals surface area contributed by atoms with Gasteiger partial charge in [-0.1, -0.05) is 0 Å². The summed E-state index contributed by atoms with van der Waals surface area (Å²) in [5, 5.41) is 7.07. The number of carbonyl (C=O) groups is 1. The first-order valence-corrected chi connectivity index (χ1v) is 8.40. The Balaban J connectivity index is 1.54. The highest BCUT2D eigenvalue weighted by Crippen LogP contribution is 2.32. The largest absolute Gasteiger partial charge is 0.493 e. The summed E-state index contributed by atoms with van der Waals surface area (Å²) >= 11 is 0. The van der Waals surface area contributed by atoms with Crippen molar-refractivity contribution in [2.45, 2.75) is 18.9 Å². The van der Waals surface area contributed by atoms with Gasteiger partial charge in [-0.3, -0.25) is 4.79 Å². The molecule has 1 aliphatic heterocycles. The number of aromatic nitrogens is 3. The minimum Gasteiger partial charge on any atom is -0.493 e. The second kappa shape index (κ2) is 6.95. The summed E-state index contributed by atoms with van der Waals surface area (Å²) in [6.07, 6.45) is 6.40. The lowest BCUT2D eigenvalue weighted by atomic mass is 10.0. The molecule has 2 aromatic heterocycles. The lowest BCUT2D eigenvalue weighted by molar-refractivity contribution is 0.0934. The van der Waals surface area contributed by atoms with Crippen LogP contribution in [0.5, 0.6) is 5.75 Å². The lowest BCUT2D eigenvalue weighted by Crippen LogP contribution is -2.28. The lowest BCUT2D eigenvalue weighted by Gasteiger charge is -2.18. The molecule has 1 aliphatic rings. The first-order chi connectivity index (χ1) is 12.7. The third kappa shape index (κ3) is 3.28. The van der Waals surface area contributed by atoms with E-state index in [1.165, 1.54) is 18.3 Å². The minimum absolute atomic E-state index is 0.258. The molecular weight excluding hydrogens is 335 g/mol. The Morgan fingerprint density at radius 1 is 1.31 bits per heavy atom. The van der Waals surface area contributed by atoms with Gasteiger partial charge in [0, 0.05) is 24.2 Å². The van der Waals surface area contributed by atoms with Crippen molar-refractivity contribution in [2.24, 2.45) is 0 Å². The molecule has 1 atom stereocenters. The summed E-state index contributed by atoms with van der Waals surface area (Å²) in [4.78, 5) is 16.9. The van der Waals surface area contributed by atoms with Gasteiger partial charge in [0.2, 0.25) is 0 Å². The topological polar surface area (TPSA) is 69.0 Å². The fourth-order valence-electron chi connectivity index (χ4n) is 3.00. The number of fused-ring (bicyclic) bond motifs is 1. The van der Waals surface area contributed by atoms with Gasteiger partial charge in [-0.25, -0.2) is 14.1 Å². The molecule has 1 amide bonds. The van der Waals surface area contributed by atoms with Gasteiger partial charge >= 0.3 is 0 Å². The van der Waals surface area contributed by atoms with Gasteiger partial charge < -0.3 is 10.1 Å². The van der Waals surface area contributed by atoms with E-state index in [2.05, 4.69) is 15.4 Å². The highest BCUT2D eigenvalue weighted by molar-refractivity contribution is 5.94. The number of hydrogen-bond acceptors (Lipinski definition) is 4. The summed E-state index contributed by atoms with van der Waals surface area (Å²) in [6.45, 7) is 0.547. The van der Waals surface area contributed by atoms with Gasteiger partial charge in [0.1, 0.15) is 11.6 Å². The number of ether oxygens (including phenoxy) is 1. The van der Waals surface area contributed by atoms with Crippen LogP contribution >= 0.6 is 0 Å². The van der Waals surface area contributed by atoms with E-state index in [1.54, 1.807) is 41.3 Å². The number of nitrogens with one attached hydrogen (secondary N) is 1. The molecule has 4 rings (SSSR count). The predicted octanol–water partition coefficient (Wildman–Crippen LogP) is 3.05. The minimum atomic E-state index is -0.348. The number of carbonyl (C=O) groups excluding carboxylic acids is 1. The Labute approximate surface area is 149 Å². The molecule has 0 aliphatic carbocycles. The van der Waals surface area contributed by atoms with Crippen molar-refractivity contribution in [1.82, 2.24) is 20.1 Å². The molecule has 1 unspecified atom stereocenters. The van der Waals surface area contributed by atoms with Crippen molar-refractivity contribution >= 4 is 5.91 Å². The van der Waals surface area contributed by atoms with Gasteiger partial charge in [0.25, 0.3) is 5.91 Å². The number of halogens is 1. The fraction of sp³-hybridized carbons (Fsp3) is 0.211. The Hall–Kier alpha value is -3.22. The van der Waals surface area contributed by atoms with Crippen LogP contribution in [0.4, 0.5) is 4.39 Å². The third-order valence-corrected chi connectivity index (χ3v) is 4.30. The number of pyridine rings is 1. The van der Waals surface area contributed by atoms with Gasteiger partial charge in [0.05, 0.1) is 18.2 Å². The summed E-state index contributed by atoms with van der Waals surface area (Å²) in [5.74, 6) is 0.633. The molecule has 0 bridgehead atoms. The number of hydrogen-bond donors (Lipinski definition) is 1. The highest BCUT2D eigenvalue weighted by atomic mass is 19.1. The van der Waals surface area contributed by atoms with Crippen LogP contribution in [-0.2, 0) is 0 Å². The van der Waals surface area contributed by atoms with Gasteiger partial charge in [-0.2, -0.15) is 5.10 Å². The van der Waals surface area contributed by atoms with Crippen LogP contribution in [0.3, 0.4) is 0 Å². The molecule has 0 saturated carbocycles. The molecule has 3 aromatic rings. The van der Waals surface area contributed by atoms with Crippen LogP contribution in [-0.4, -0.2) is 27.3 Å². The molecule has 1 N–H and O–H groups in total. The first kappa shape index (κ1) is 16.3. The zero-order valence-electron chi connectivity index (χ0n) is 13.9. The third-order valence-electron chi connectivity index (χ3n) is 4.30. The summed E-state index contributed by atoms with van der Waals surface area (Å²) in [6, 6.07) is 9.31. The zero-order valence-corrected chi connectivity index (χ0v) is 13.9. The quantitative estimate of drug-likeness (QED) is 0.787.